The van der Waals surface area contributed by atoms with Crippen molar-refractivity contribution in [1.82, 2.24) is 20.8 Å². The maximum atomic E-state index is 5.31. The molecule has 0 amide bonds. The minimum Gasteiger partial charge on any atom is -0.496 e. The van der Waals surface area contributed by atoms with Crippen LogP contribution in [0, 0.1) is 6.92 Å². The molecule has 0 radical (unpaired) electrons. The summed E-state index contributed by atoms with van der Waals surface area (Å²) in [6, 6.07) is 7.83. The Morgan fingerprint density at radius 2 is 2.00 bits per heavy atom. The number of rotatable bonds is 5. The molecule has 7 nitrogen and oxygen atoms in total. The quantitative estimate of drug-likeness (QED) is 0.439. The summed E-state index contributed by atoms with van der Waals surface area (Å²) < 4.78 is 10.3. The molecule has 0 saturated heterocycles. The molecule has 2 N–H and O–H groups in total. The zero-order valence-electron chi connectivity index (χ0n) is 12.8. The highest BCUT2D eigenvalue weighted by Gasteiger charge is 2.06. The SMILES string of the molecule is CN=C(NCc1nc(C)no1)NCc1ccccc1OC.I. The lowest BCUT2D eigenvalue weighted by atomic mass is 10.2. The first-order valence-electron chi connectivity index (χ1n) is 6.58. The van der Waals surface area contributed by atoms with Gasteiger partial charge in [-0.05, 0) is 13.0 Å². The van der Waals surface area contributed by atoms with Crippen molar-refractivity contribution in [3.05, 3.63) is 41.5 Å². The molecule has 0 aliphatic rings. The number of hydrogen-bond donors (Lipinski definition) is 2. The Bertz CT molecular complexity index is 615. The van der Waals surface area contributed by atoms with Gasteiger partial charge < -0.3 is 19.9 Å². The first-order valence-corrected chi connectivity index (χ1v) is 6.58. The summed E-state index contributed by atoms with van der Waals surface area (Å²) in [4.78, 5) is 8.26. The van der Waals surface area contributed by atoms with E-state index in [0.717, 1.165) is 11.3 Å². The van der Waals surface area contributed by atoms with Crippen LogP contribution in [0.25, 0.3) is 0 Å². The predicted molar refractivity (Wildman–Crippen MR) is 94.5 cm³/mol. The van der Waals surface area contributed by atoms with E-state index in [2.05, 4.69) is 25.8 Å². The van der Waals surface area contributed by atoms with E-state index < -0.39 is 0 Å². The maximum Gasteiger partial charge on any atom is 0.246 e. The monoisotopic (exact) mass is 417 g/mol. The summed E-state index contributed by atoms with van der Waals surface area (Å²) >= 11 is 0. The number of ether oxygens (including phenoxy) is 1. The largest absolute Gasteiger partial charge is 0.496 e. The standard InChI is InChI=1S/C14H19N5O2.HI/c1-10-18-13(21-19-10)9-17-14(15-2)16-8-11-6-4-5-7-12(11)20-3;/h4-7H,8-9H2,1-3H3,(H2,15,16,17);1H. The van der Waals surface area contributed by atoms with Gasteiger partial charge in [-0.25, -0.2) is 0 Å². The van der Waals surface area contributed by atoms with Crippen molar-refractivity contribution in [2.24, 2.45) is 4.99 Å². The predicted octanol–water partition coefficient (Wildman–Crippen LogP) is 1.87. The van der Waals surface area contributed by atoms with Crippen LogP contribution in [0.2, 0.25) is 0 Å². The molecule has 0 aliphatic heterocycles. The Kier molecular flexibility index (Phi) is 7.64. The summed E-state index contributed by atoms with van der Waals surface area (Å²) in [5.74, 6) is 2.63. The second-order valence-electron chi connectivity index (χ2n) is 4.33. The highest BCUT2D eigenvalue weighted by molar-refractivity contribution is 14.0. The minimum absolute atomic E-state index is 0. The molecule has 22 heavy (non-hydrogen) atoms. The molecule has 0 atom stereocenters. The number of aryl methyl sites for hydroxylation is 1. The van der Waals surface area contributed by atoms with Crippen LogP contribution in [0.5, 0.6) is 5.75 Å². The lowest BCUT2D eigenvalue weighted by Gasteiger charge is -2.12. The fourth-order valence-corrected chi connectivity index (χ4v) is 1.82. The molecule has 0 aliphatic carbocycles. The normalized spacial score (nSPS) is 10.8. The molecule has 8 heteroatoms. The Morgan fingerprint density at radius 3 is 2.64 bits per heavy atom. The highest BCUT2D eigenvalue weighted by atomic mass is 127. The number of aromatic nitrogens is 2. The summed E-state index contributed by atoms with van der Waals surface area (Å²) in [6.45, 7) is 2.81. The third kappa shape index (κ3) is 5.17. The van der Waals surface area contributed by atoms with E-state index in [-0.39, 0.29) is 24.0 Å². The van der Waals surface area contributed by atoms with Crippen LogP contribution in [0.3, 0.4) is 0 Å². The van der Waals surface area contributed by atoms with Crippen LogP contribution in [0.15, 0.2) is 33.8 Å². The average molecular weight is 417 g/mol. The van der Waals surface area contributed by atoms with E-state index in [9.17, 15) is 0 Å². The van der Waals surface area contributed by atoms with Gasteiger partial charge in [0.1, 0.15) is 5.75 Å². The van der Waals surface area contributed by atoms with E-state index in [4.69, 9.17) is 9.26 Å². The highest BCUT2D eigenvalue weighted by Crippen LogP contribution is 2.16. The van der Waals surface area contributed by atoms with Crippen LogP contribution in [0.1, 0.15) is 17.3 Å². The van der Waals surface area contributed by atoms with Crippen LogP contribution in [-0.4, -0.2) is 30.3 Å². The summed E-state index contributed by atoms with van der Waals surface area (Å²) in [6.07, 6.45) is 0. The van der Waals surface area contributed by atoms with Gasteiger partial charge in [-0.1, -0.05) is 23.4 Å². The minimum atomic E-state index is 0. The van der Waals surface area contributed by atoms with Gasteiger partial charge in [-0.3, -0.25) is 4.99 Å². The van der Waals surface area contributed by atoms with Crippen LogP contribution in [-0.2, 0) is 13.1 Å². The molecule has 2 aromatic rings. The molecule has 0 saturated carbocycles. The Balaban J connectivity index is 0.00000242. The van der Waals surface area contributed by atoms with Crippen molar-refractivity contribution in [2.45, 2.75) is 20.0 Å². The maximum absolute atomic E-state index is 5.31. The van der Waals surface area contributed by atoms with Crippen molar-refractivity contribution in [3.8, 4) is 5.75 Å². The van der Waals surface area contributed by atoms with Crippen molar-refractivity contribution < 1.29 is 9.26 Å². The van der Waals surface area contributed by atoms with Gasteiger partial charge in [0.05, 0.1) is 13.7 Å². The number of methoxy groups -OCH3 is 1. The molecule has 1 aromatic carbocycles. The van der Waals surface area contributed by atoms with Crippen LogP contribution >= 0.6 is 24.0 Å². The fraction of sp³-hybridized carbons (Fsp3) is 0.357. The number of nitrogens with one attached hydrogen (secondary N) is 2. The number of aliphatic imine (C=N–C) groups is 1. The summed E-state index contributed by atoms with van der Waals surface area (Å²) in [7, 11) is 3.36. The Morgan fingerprint density at radius 1 is 1.27 bits per heavy atom. The number of nitrogens with zero attached hydrogens (tertiary/aromatic N) is 3. The Hall–Kier alpha value is -1.84. The van der Waals surface area contributed by atoms with Gasteiger partial charge in [0.2, 0.25) is 5.89 Å². The molecule has 2 rings (SSSR count). The smallest absolute Gasteiger partial charge is 0.246 e. The van der Waals surface area contributed by atoms with Crippen molar-refractivity contribution in [3.63, 3.8) is 0 Å². The third-order valence-corrected chi connectivity index (χ3v) is 2.84. The number of halogens is 1. The number of guanidine groups is 1. The van der Waals surface area contributed by atoms with Crippen molar-refractivity contribution in [1.29, 1.82) is 0 Å². The van der Waals surface area contributed by atoms with E-state index in [1.165, 1.54) is 0 Å². The average Bonchev–Trinajstić information content (AvgIpc) is 2.93. The molecule has 120 valence electrons. The number of hydrogen-bond acceptors (Lipinski definition) is 5. The first kappa shape index (κ1) is 18.2. The van der Waals surface area contributed by atoms with E-state index >= 15 is 0 Å². The van der Waals surface area contributed by atoms with E-state index in [1.807, 2.05) is 24.3 Å². The second-order valence-corrected chi connectivity index (χ2v) is 4.33. The van der Waals surface area contributed by atoms with Gasteiger partial charge in [0.25, 0.3) is 0 Å². The van der Waals surface area contributed by atoms with Crippen molar-refractivity contribution >= 4 is 29.9 Å². The molecule has 0 unspecified atom stereocenters. The zero-order valence-corrected chi connectivity index (χ0v) is 15.1. The van der Waals surface area contributed by atoms with E-state index in [0.29, 0.717) is 30.8 Å². The molecular weight excluding hydrogens is 397 g/mol. The van der Waals surface area contributed by atoms with E-state index in [1.54, 1.807) is 21.1 Å². The topological polar surface area (TPSA) is 84.6 Å². The first-order chi connectivity index (χ1) is 10.2. The zero-order chi connectivity index (χ0) is 15.1. The molecular formula is C14H20IN5O2. The molecule has 1 heterocycles. The fourth-order valence-electron chi connectivity index (χ4n) is 1.82. The number of para-hydroxylation sites is 1. The molecule has 1 aromatic heterocycles. The molecule has 0 fully saturated rings. The van der Waals surface area contributed by atoms with Gasteiger partial charge in [-0.2, -0.15) is 4.98 Å². The third-order valence-electron chi connectivity index (χ3n) is 2.84. The summed E-state index contributed by atoms with van der Waals surface area (Å²) in [5.41, 5.74) is 1.05. The summed E-state index contributed by atoms with van der Waals surface area (Å²) in [5, 5.41) is 10.0. The lowest BCUT2D eigenvalue weighted by Crippen LogP contribution is -2.36. The van der Waals surface area contributed by atoms with Crippen LogP contribution in [0.4, 0.5) is 0 Å². The van der Waals surface area contributed by atoms with Crippen molar-refractivity contribution in [2.75, 3.05) is 14.2 Å². The van der Waals surface area contributed by atoms with Gasteiger partial charge in [-0.15, -0.1) is 24.0 Å². The van der Waals surface area contributed by atoms with Gasteiger partial charge in [0.15, 0.2) is 11.8 Å². The van der Waals surface area contributed by atoms with Crippen LogP contribution < -0.4 is 15.4 Å². The van der Waals surface area contributed by atoms with Gasteiger partial charge in [0, 0.05) is 19.2 Å². The number of benzene rings is 1. The molecule has 0 bridgehead atoms. The Labute approximate surface area is 146 Å². The van der Waals surface area contributed by atoms with Gasteiger partial charge >= 0.3 is 0 Å². The lowest BCUT2D eigenvalue weighted by molar-refractivity contribution is 0.371. The molecule has 0 spiro atoms. The second kappa shape index (κ2) is 9.23.